The van der Waals surface area contributed by atoms with Gasteiger partial charge in [0.2, 0.25) is 0 Å². The van der Waals surface area contributed by atoms with Crippen LogP contribution < -0.4 is 0 Å². The van der Waals surface area contributed by atoms with Crippen LogP contribution in [0.1, 0.15) is 25.0 Å². The Kier molecular flexibility index (Phi) is 6.23. The highest BCUT2D eigenvalue weighted by molar-refractivity contribution is 5.21. The molecular weight excluding hydrogens is 208 g/mol. The number of nitrogens with zero attached hydrogens (tertiary/aromatic N) is 2. The van der Waals surface area contributed by atoms with Crippen LogP contribution in [0, 0.1) is 6.92 Å². The fourth-order valence-electron chi connectivity index (χ4n) is 1.96. The zero-order valence-corrected chi connectivity index (χ0v) is 11.7. The second-order valence-corrected chi connectivity index (χ2v) is 4.57. The molecule has 2 heteroatoms. The van der Waals surface area contributed by atoms with Gasteiger partial charge in [0.15, 0.2) is 0 Å². The predicted octanol–water partition coefficient (Wildman–Crippen LogP) is 2.77. The van der Waals surface area contributed by atoms with E-state index in [0.717, 1.165) is 6.54 Å². The van der Waals surface area contributed by atoms with Crippen molar-refractivity contribution in [3.05, 3.63) is 35.4 Å². The van der Waals surface area contributed by atoms with Gasteiger partial charge in [0.25, 0.3) is 0 Å². The van der Waals surface area contributed by atoms with Gasteiger partial charge in [-0.3, -0.25) is 4.90 Å². The first kappa shape index (κ1) is 14.2. The van der Waals surface area contributed by atoms with E-state index in [-0.39, 0.29) is 0 Å². The lowest BCUT2D eigenvalue weighted by Crippen LogP contribution is -2.43. The topological polar surface area (TPSA) is 6.48 Å². The number of hydrogen-bond acceptors (Lipinski definition) is 2. The molecule has 1 aromatic rings. The van der Waals surface area contributed by atoms with Crippen LogP contribution in [0.15, 0.2) is 24.3 Å². The quantitative estimate of drug-likeness (QED) is 0.776. The highest BCUT2D eigenvalue weighted by Gasteiger charge is 2.13. The van der Waals surface area contributed by atoms with Gasteiger partial charge in [-0.25, -0.2) is 0 Å². The summed E-state index contributed by atoms with van der Waals surface area (Å²) in [6.07, 6.45) is 0. The summed E-state index contributed by atoms with van der Waals surface area (Å²) in [4.78, 5) is 4.93. The largest absolute Gasteiger partial charge is 0.304 e. The van der Waals surface area contributed by atoms with Crippen LogP contribution in [0.4, 0.5) is 0 Å². The lowest BCUT2D eigenvalue weighted by atomic mass is 10.1. The van der Waals surface area contributed by atoms with Crippen molar-refractivity contribution in [2.45, 2.75) is 27.3 Å². The Morgan fingerprint density at radius 3 is 2.00 bits per heavy atom. The van der Waals surface area contributed by atoms with E-state index < -0.39 is 0 Å². The second kappa shape index (κ2) is 7.46. The van der Waals surface area contributed by atoms with E-state index in [1.165, 1.54) is 37.3 Å². The van der Waals surface area contributed by atoms with Crippen LogP contribution in [0.25, 0.3) is 0 Å². The maximum absolute atomic E-state index is 2.53. The molecule has 0 radical (unpaired) electrons. The number of rotatable bonds is 2. The summed E-state index contributed by atoms with van der Waals surface area (Å²) in [5, 5.41) is 0. The van der Waals surface area contributed by atoms with Crippen molar-refractivity contribution in [1.29, 1.82) is 0 Å². The normalized spacial score (nSPS) is 17.4. The molecule has 1 aliphatic heterocycles. The van der Waals surface area contributed by atoms with E-state index in [1.54, 1.807) is 0 Å². The third-order valence-electron chi connectivity index (χ3n) is 3.12. The van der Waals surface area contributed by atoms with E-state index in [2.05, 4.69) is 48.0 Å². The molecule has 0 unspecified atom stereocenters. The molecule has 1 saturated heterocycles. The molecule has 0 saturated carbocycles. The molecule has 0 aliphatic carbocycles. The van der Waals surface area contributed by atoms with Gasteiger partial charge in [-0.05, 0) is 19.5 Å². The van der Waals surface area contributed by atoms with Crippen molar-refractivity contribution in [2.75, 3.05) is 33.2 Å². The Hall–Kier alpha value is -0.860. The van der Waals surface area contributed by atoms with Crippen LogP contribution in [0.5, 0.6) is 0 Å². The summed E-state index contributed by atoms with van der Waals surface area (Å²) in [5.41, 5.74) is 2.78. The minimum atomic E-state index is 1.11. The van der Waals surface area contributed by atoms with Crippen molar-refractivity contribution >= 4 is 0 Å². The Labute approximate surface area is 106 Å². The van der Waals surface area contributed by atoms with Gasteiger partial charge < -0.3 is 4.90 Å². The fraction of sp³-hybridized carbons (Fsp3) is 0.600. The maximum atomic E-state index is 2.53. The molecule has 0 atom stereocenters. The van der Waals surface area contributed by atoms with Crippen molar-refractivity contribution in [3.63, 3.8) is 0 Å². The van der Waals surface area contributed by atoms with Gasteiger partial charge in [0.05, 0.1) is 0 Å². The SMILES string of the molecule is CC.Cc1ccc(CN2CCN(C)CC2)cc1. The predicted molar refractivity (Wildman–Crippen MR) is 75.3 cm³/mol. The first-order chi connectivity index (χ1) is 8.24. The number of benzene rings is 1. The van der Waals surface area contributed by atoms with E-state index in [4.69, 9.17) is 0 Å². The van der Waals surface area contributed by atoms with Crippen molar-refractivity contribution in [2.24, 2.45) is 0 Å². The molecule has 1 fully saturated rings. The van der Waals surface area contributed by atoms with E-state index in [1.807, 2.05) is 13.8 Å². The van der Waals surface area contributed by atoms with E-state index in [0.29, 0.717) is 0 Å². The van der Waals surface area contributed by atoms with Crippen LogP contribution in [0.3, 0.4) is 0 Å². The van der Waals surface area contributed by atoms with Crippen LogP contribution >= 0.6 is 0 Å². The molecule has 1 heterocycles. The Morgan fingerprint density at radius 1 is 0.941 bits per heavy atom. The van der Waals surface area contributed by atoms with Crippen molar-refractivity contribution in [1.82, 2.24) is 9.80 Å². The average Bonchev–Trinajstić information content (AvgIpc) is 2.37. The number of hydrogen-bond donors (Lipinski definition) is 0. The molecule has 0 bridgehead atoms. The number of piperazine rings is 1. The monoisotopic (exact) mass is 234 g/mol. The lowest BCUT2D eigenvalue weighted by molar-refractivity contribution is 0.148. The number of likely N-dealkylation sites (N-methyl/N-ethyl adjacent to an activating group) is 1. The maximum Gasteiger partial charge on any atom is 0.0234 e. The van der Waals surface area contributed by atoms with Crippen LogP contribution in [0.2, 0.25) is 0 Å². The van der Waals surface area contributed by atoms with Gasteiger partial charge in [-0.1, -0.05) is 43.7 Å². The molecule has 1 aromatic carbocycles. The first-order valence-electron chi connectivity index (χ1n) is 6.70. The fourth-order valence-corrected chi connectivity index (χ4v) is 1.96. The molecule has 0 spiro atoms. The molecule has 0 amide bonds. The average molecular weight is 234 g/mol. The summed E-state index contributed by atoms with van der Waals surface area (Å²) in [7, 11) is 2.20. The summed E-state index contributed by atoms with van der Waals surface area (Å²) in [6.45, 7) is 12.0. The third-order valence-corrected chi connectivity index (χ3v) is 3.12. The molecule has 1 aliphatic rings. The number of aryl methyl sites for hydroxylation is 1. The molecular formula is C15H26N2. The van der Waals surface area contributed by atoms with Gasteiger partial charge in [-0.15, -0.1) is 0 Å². The van der Waals surface area contributed by atoms with E-state index in [9.17, 15) is 0 Å². The minimum Gasteiger partial charge on any atom is -0.304 e. The lowest BCUT2D eigenvalue weighted by Gasteiger charge is -2.32. The molecule has 17 heavy (non-hydrogen) atoms. The molecule has 0 N–H and O–H groups in total. The highest BCUT2D eigenvalue weighted by atomic mass is 15.2. The zero-order valence-electron chi connectivity index (χ0n) is 11.7. The summed E-state index contributed by atoms with van der Waals surface area (Å²) in [6, 6.07) is 8.89. The van der Waals surface area contributed by atoms with Crippen molar-refractivity contribution < 1.29 is 0 Å². The standard InChI is InChI=1S/C13H20N2.C2H6/c1-12-3-5-13(6-4-12)11-15-9-7-14(2)8-10-15;1-2/h3-6H,7-11H2,1-2H3;1-2H3. The van der Waals surface area contributed by atoms with Gasteiger partial charge in [-0.2, -0.15) is 0 Å². The second-order valence-electron chi connectivity index (χ2n) is 4.57. The Morgan fingerprint density at radius 2 is 1.47 bits per heavy atom. The van der Waals surface area contributed by atoms with Gasteiger partial charge >= 0.3 is 0 Å². The Bertz CT molecular complexity index is 297. The summed E-state index contributed by atoms with van der Waals surface area (Å²) < 4.78 is 0. The molecule has 2 nitrogen and oxygen atoms in total. The van der Waals surface area contributed by atoms with E-state index >= 15 is 0 Å². The molecule has 96 valence electrons. The zero-order chi connectivity index (χ0) is 12.7. The molecule has 2 rings (SSSR count). The third kappa shape index (κ3) is 4.88. The summed E-state index contributed by atoms with van der Waals surface area (Å²) in [5.74, 6) is 0. The summed E-state index contributed by atoms with van der Waals surface area (Å²) >= 11 is 0. The van der Waals surface area contributed by atoms with Crippen LogP contribution in [-0.2, 0) is 6.54 Å². The first-order valence-corrected chi connectivity index (χ1v) is 6.70. The van der Waals surface area contributed by atoms with Crippen molar-refractivity contribution in [3.8, 4) is 0 Å². The minimum absolute atomic E-state index is 1.11. The van der Waals surface area contributed by atoms with Gasteiger partial charge in [0.1, 0.15) is 0 Å². The smallest absolute Gasteiger partial charge is 0.0234 e. The molecule has 0 aromatic heterocycles. The Balaban J connectivity index is 0.000000686. The highest BCUT2D eigenvalue weighted by Crippen LogP contribution is 2.08. The van der Waals surface area contributed by atoms with Crippen LogP contribution in [-0.4, -0.2) is 43.0 Å². The van der Waals surface area contributed by atoms with Gasteiger partial charge in [0, 0.05) is 32.7 Å².